The summed E-state index contributed by atoms with van der Waals surface area (Å²) >= 11 is 0. The number of nitriles is 1. The normalized spacial score (nSPS) is 14.9. The number of nitrogens with one attached hydrogen (secondary N) is 1. The zero-order valence-corrected chi connectivity index (χ0v) is 12.3. The van der Waals surface area contributed by atoms with Crippen LogP contribution in [0.4, 0.5) is 5.82 Å². The molecule has 2 aromatic rings. The maximum Gasteiger partial charge on any atom is 0.289 e. The van der Waals surface area contributed by atoms with Gasteiger partial charge < -0.3 is 4.42 Å². The largest absolute Gasteiger partial charge is 0.461 e. The van der Waals surface area contributed by atoms with Gasteiger partial charge in [-0.3, -0.25) is 5.73 Å². The molecular formula is C17H20N3O+. The molecule has 0 aromatic carbocycles. The molecule has 1 aliphatic rings. The highest BCUT2D eigenvalue weighted by Gasteiger charge is 2.25. The molecule has 0 fully saturated rings. The van der Waals surface area contributed by atoms with E-state index in [0.29, 0.717) is 11.4 Å². The average Bonchev–Trinajstić information content (AvgIpc) is 2.86. The van der Waals surface area contributed by atoms with Crippen LogP contribution in [-0.2, 0) is 12.8 Å². The lowest BCUT2D eigenvalue weighted by Gasteiger charge is -2.16. The number of aryl methyl sites for hydroxylation is 2. The molecule has 21 heavy (non-hydrogen) atoms. The molecule has 4 heteroatoms. The summed E-state index contributed by atoms with van der Waals surface area (Å²) in [5.74, 6) is 2.04. The van der Waals surface area contributed by atoms with Gasteiger partial charge in [0, 0.05) is 12.0 Å². The van der Waals surface area contributed by atoms with E-state index in [2.05, 4.69) is 11.1 Å². The molecule has 2 heterocycles. The molecule has 3 N–H and O–H groups in total. The van der Waals surface area contributed by atoms with E-state index >= 15 is 0 Å². The number of aromatic amines is 1. The van der Waals surface area contributed by atoms with Crippen LogP contribution in [0.25, 0.3) is 11.3 Å². The Bertz CT molecular complexity index is 710. The van der Waals surface area contributed by atoms with Crippen LogP contribution < -0.4 is 10.7 Å². The van der Waals surface area contributed by atoms with E-state index in [1.165, 1.54) is 18.4 Å². The lowest BCUT2D eigenvalue weighted by atomic mass is 9.90. The van der Waals surface area contributed by atoms with Crippen molar-refractivity contribution in [1.82, 2.24) is 0 Å². The third-order valence-electron chi connectivity index (χ3n) is 4.17. The second-order valence-corrected chi connectivity index (χ2v) is 5.68. The molecule has 0 aliphatic heterocycles. The Morgan fingerprint density at radius 1 is 1.19 bits per heavy atom. The second kappa shape index (κ2) is 5.61. The van der Waals surface area contributed by atoms with E-state index in [9.17, 15) is 5.26 Å². The number of pyridine rings is 1. The molecule has 0 saturated heterocycles. The van der Waals surface area contributed by atoms with Gasteiger partial charge in [-0.15, -0.1) is 0 Å². The minimum Gasteiger partial charge on any atom is -0.461 e. The standard InChI is InChI=1S/C17H19N3O/c1-11-8-9-15(21-11)16-12-6-4-2-3-5-7-14(12)20-17(19)13(16)10-18/h8-9H,2-7H2,1H3,(H2,19,20)/p+1. The van der Waals surface area contributed by atoms with E-state index < -0.39 is 0 Å². The second-order valence-electron chi connectivity index (χ2n) is 5.68. The van der Waals surface area contributed by atoms with Crippen molar-refractivity contribution >= 4 is 5.82 Å². The van der Waals surface area contributed by atoms with Crippen molar-refractivity contribution in [3.8, 4) is 17.4 Å². The number of H-pyrrole nitrogens is 1. The number of furan rings is 1. The van der Waals surface area contributed by atoms with Gasteiger partial charge in [0.1, 0.15) is 23.3 Å². The molecule has 2 aromatic heterocycles. The molecule has 1 aliphatic carbocycles. The fourth-order valence-corrected chi connectivity index (χ4v) is 3.14. The molecule has 3 rings (SSSR count). The summed E-state index contributed by atoms with van der Waals surface area (Å²) in [6, 6.07) is 6.11. The van der Waals surface area contributed by atoms with Gasteiger partial charge in [-0.05, 0) is 38.3 Å². The lowest BCUT2D eigenvalue weighted by molar-refractivity contribution is -0.374. The minimum atomic E-state index is 0.445. The van der Waals surface area contributed by atoms with E-state index in [0.717, 1.165) is 48.5 Å². The van der Waals surface area contributed by atoms with Gasteiger partial charge in [0.2, 0.25) is 0 Å². The molecule has 0 atom stereocenters. The van der Waals surface area contributed by atoms with Crippen LogP contribution >= 0.6 is 0 Å². The van der Waals surface area contributed by atoms with Gasteiger partial charge in [0.05, 0.1) is 5.56 Å². The van der Waals surface area contributed by atoms with Crippen LogP contribution in [0.2, 0.25) is 0 Å². The molecule has 0 bridgehead atoms. The average molecular weight is 282 g/mol. The van der Waals surface area contributed by atoms with Gasteiger partial charge in [-0.1, -0.05) is 12.8 Å². The zero-order chi connectivity index (χ0) is 14.8. The maximum absolute atomic E-state index is 9.50. The molecule has 0 radical (unpaired) electrons. The van der Waals surface area contributed by atoms with Crippen molar-refractivity contribution in [1.29, 1.82) is 5.26 Å². The van der Waals surface area contributed by atoms with Gasteiger partial charge in [-0.25, -0.2) is 4.98 Å². The maximum atomic E-state index is 9.50. The third kappa shape index (κ3) is 2.52. The summed E-state index contributed by atoms with van der Waals surface area (Å²) in [5.41, 5.74) is 9.83. The fourth-order valence-electron chi connectivity index (χ4n) is 3.14. The first-order valence-corrected chi connectivity index (χ1v) is 7.54. The van der Waals surface area contributed by atoms with Gasteiger partial charge in [-0.2, -0.15) is 5.26 Å². The Labute approximate surface area is 124 Å². The molecule has 0 spiro atoms. The summed E-state index contributed by atoms with van der Waals surface area (Å²) in [7, 11) is 0. The quantitative estimate of drug-likeness (QED) is 0.872. The number of nitrogens with zero attached hydrogens (tertiary/aromatic N) is 1. The lowest BCUT2D eigenvalue weighted by Crippen LogP contribution is -2.23. The van der Waals surface area contributed by atoms with Crippen molar-refractivity contribution in [3.63, 3.8) is 0 Å². The van der Waals surface area contributed by atoms with Gasteiger partial charge >= 0.3 is 0 Å². The number of aromatic nitrogens is 1. The van der Waals surface area contributed by atoms with E-state index in [1.54, 1.807) is 0 Å². The monoisotopic (exact) mass is 282 g/mol. The number of anilines is 1. The van der Waals surface area contributed by atoms with E-state index in [-0.39, 0.29) is 0 Å². The Hall–Kier alpha value is -2.28. The van der Waals surface area contributed by atoms with Crippen molar-refractivity contribution in [2.75, 3.05) is 5.73 Å². The minimum absolute atomic E-state index is 0.445. The fraction of sp³-hybridized carbons (Fsp3) is 0.412. The van der Waals surface area contributed by atoms with Crippen LogP contribution in [-0.4, -0.2) is 0 Å². The summed E-state index contributed by atoms with van der Waals surface area (Å²) in [6.07, 6.45) is 6.74. The summed E-state index contributed by atoms with van der Waals surface area (Å²) < 4.78 is 5.78. The first kappa shape index (κ1) is 13.7. The van der Waals surface area contributed by atoms with Crippen LogP contribution in [0.15, 0.2) is 16.5 Å². The van der Waals surface area contributed by atoms with Crippen LogP contribution in [0.5, 0.6) is 0 Å². The number of nitrogens with two attached hydrogens (primary N) is 1. The smallest absolute Gasteiger partial charge is 0.289 e. The summed E-state index contributed by atoms with van der Waals surface area (Å²) in [6.45, 7) is 1.91. The number of rotatable bonds is 1. The highest BCUT2D eigenvalue weighted by atomic mass is 16.3. The highest BCUT2D eigenvalue weighted by Crippen LogP contribution is 2.34. The summed E-state index contributed by atoms with van der Waals surface area (Å²) in [5, 5.41) is 9.50. The van der Waals surface area contributed by atoms with Crippen molar-refractivity contribution in [2.24, 2.45) is 0 Å². The Morgan fingerprint density at radius 2 is 1.95 bits per heavy atom. The van der Waals surface area contributed by atoms with Crippen molar-refractivity contribution in [3.05, 3.63) is 34.7 Å². The third-order valence-corrected chi connectivity index (χ3v) is 4.17. The molecule has 0 amide bonds. The Balaban J connectivity index is 2.25. The highest BCUT2D eigenvalue weighted by molar-refractivity contribution is 5.74. The predicted octanol–water partition coefficient (Wildman–Crippen LogP) is 3.18. The number of fused-ring (bicyclic) bond motifs is 1. The Kier molecular flexibility index (Phi) is 3.66. The van der Waals surface area contributed by atoms with E-state index in [4.69, 9.17) is 10.2 Å². The number of hydrogen-bond donors (Lipinski definition) is 1. The molecule has 0 saturated carbocycles. The van der Waals surface area contributed by atoms with Crippen LogP contribution in [0.1, 0.15) is 48.3 Å². The molecular weight excluding hydrogens is 262 g/mol. The van der Waals surface area contributed by atoms with Gasteiger partial charge in [0.15, 0.2) is 5.56 Å². The zero-order valence-electron chi connectivity index (χ0n) is 12.3. The Morgan fingerprint density at radius 3 is 2.62 bits per heavy atom. The van der Waals surface area contributed by atoms with Crippen molar-refractivity contribution < 1.29 is 9.40 Å². The van der Waals surface area contributed by atoms with Crippen LogP contribution in [0.3, 0.4) is 0 Å². The van der Waals surface area contributed by atoms with Crippen molar-refractivity contribution in [2.45, 2.75) is 45.4 Å². The molecule has 108 valence electrons. The summed E-state index contributed by atoms with van der Waals surface area (Å²) in [4.78, 5) is 3.25. The SMILES string of the molecule is Cc1ccc(-c2c(C#N)c(N)[nH+]c3c2CCCCCC3)o1. The van der Waals surface area contributed by atoms with Crippen LogP contribution in [0, 0.1) is 18.3 Å². The number of hydrogen-bond acceptors (Lipinski definition) is 3. The topological polar surface area (TPSA) is 77.1 Å². The molecule has 0 unspecified atom stereocenters. The van der Waals surface area contributed by atoms with Gasteiger partial charge in [0.25, 0.3) is 5.82 Å². The van der Waals surface area contributed by atoms with E-state index in [1.807, 2.05) is 19.1 Å². The first-order valence-electron chi connectivity index (χ1n) is 7.54. The predicted molar refractivity (Wildman–Crippen MR) is 80.4 cm³/mol. The number of nitrogen functional groups attached to an aromatic ring is 1. The first-order chi connectivity index (χ1) is 10.2. The molecule has 4 nitrogen and oxygen atoms in total.